The highest BCUT2D eigenvalue weighted by Crippen LogP contribution is 2.17. The van der Waals surface area contributed by atoms with Gasteiger partial charge in [0.25, 0.3) is 5.91 Å². The minimum Gasteiger partial charge on any atom is -0.391 e. The summed E-state index contributed by atoms with van der Waals surface area (Å²) in [6.45, 7) is 0.337. The van der Waals surface area contributed by atoms with Crippen LogP contribution < -0.4 is 5.32 Å². The summed E-state index contributed by atoms with van der Waals surface area (Å²) in [6.07, 6.45) is -0.413. The molecule has 1 rings (SSSR count). The maximum absolute atomic E-state index is 13.3. The number of hydrogen-bond acceptors (Lipinski definition) is 5. The predicted molar refractivity (Wildman–Crippen MR) is 67.9 cm³/mol. The van der Waals surface area contributed by atoms with Crippen molar-refractivity contribution in [2.75, 3.05) is 20.3 Å². The van der Waals surface area contributed by atoms with Gasteiger partial charge in [-0.25, -0.2) is 0 Å². The summed E-state index contributed by atoms with van der Waals surface area (Å²) in [7, 11) is 1.45. The zero-order valence-electron chi connectivity index (χ0n) is 10.8. The van der Waals surface area contributed by atoms with Crippen LogP contribution in [0.2, 0.25) is 0 Å². The Bertz CT molecular complexity index is 495. The molecule has 0 heterocycles. The van der Waals surface area contributed by atoms with E-state index in [-0.39, 0.29) is 25.1 Å². The summed E-state index contributed by atoms with van der Waals surface area (Å²) in [4.78, 5) is 21.2. The third kappa shape index (κ3) is 4.56. The molecule has 1 aromatic rings. The van der Waals surface area contributed by atoms with Crippen LogP contribution in [0.3, 0.4) is 0 Å². The lowest BCUT2D eigenvalue weighted by Crippen LogP contribution is -2.28. The molecule has 0 aliphatic heterocycles. The molecule has 0 aliphatic carbocycles. The van der Waals surface area contributed by atoms with E-state index in [1.165, 1.54) is 13.2 Å². The van der Waals surface area contributed by atoms with Crippen molar-refractivity contribution in [3.8, 4) is 0 Å². The summed E-state index contributed by atoms with van der Waals surface area (Å²) < 4.78 is 18.1. The van der Waals surface area contributed by atoms with E-state index in [2.05, 4.69) is 5.32 Å². The summed E-state index contributed by atoms with van der Waals surface area (Å²) in [5, 5.41) is 22.3. The highest BCUT2D eigenvalue weighted by atomic mass is 19.1. The van der Waals surface area contributed by atoms with Crippen molar-refractivity contribution in [3.05, 3.63) is 39.7 Å². The standard InChI is InChI=1S/C12H15FN2O5/c1-20-7-9(16)4-5-14-12(17)8-2-3-11(15(18)19)10(13)6-8/h2-3,6,9,16H,4-5,7H2,1H3,(H,14,17). The maximum atomic E-state index is 13.3. The number of nitro groups is 1. The van der Waals surface area contributed by atoms with Crippen molar-refractivity contribution < 1.29 is 24.0 Å². The largest absolute Gasteiger partial charge is 0.391 e. The van der Waals surface area contributed by atoms with Crippen LogP contribution in [0.4, 0.5) is 10.1 Å². The summed E-state index contributed by atoms with van der Waals surface area (Å²) in [6, 6.07) is 2.91. The van der Waals surface area contributed by atoms with Crippen LogP contribution >= 0.6 is 0 Å². The van der Waals surface area contributed by atoms with E-state index in [0.717, 1.165) is 12.1 Å². The van der Waals surface area contributed by atoms with Gasteiger partial charge in [0.2, 0.25) is 5.82 Å². The zero-order valence-corrected chi connectivity index (χ0v) is 10.8. The van der Waals surface area contributed by atoms with Crippen molar-refractivity contribution in [2.45, 2.75) is 12.5 Å². The molecule has 2 N–H and O–H groups in total. The molecule has 7 nitrogen and oxygen atoms in total. The lowest BCUT2D eigenvalue weighted by Gasteiger charge is -2.10. The number of rotatable bonds is 7. The van der Waals surface area contributed by atoms with Crippen molar-refractivity contribution in [3.63, 3.8) is 0 Å². The van der Waals surface area contributed by atoms with E-state index in [9.17, 15) is 24.4 Å². The zero-order chi connectivity index (χ0) is 15.1. The molecule has 1 unspecified atom stereocenters. The topological polar surface area (TPSA) is 102 Å². The van der Waals surface area contributed by atoms with Crippen LogP contribution in [0, 0.1) is 15.9 Å². The van der Waals surface area contributed by atoms with Crippen molar-refractivity contribution >= 4 is 11.6 Å². The second kappa shape index (κ2) is 7.51. The van der Waals surface area contributed by atoms with Crippen LogP contribution in [0.25, 0.3) is 0 Å². The molecule has 0 saturated carbocycles. The molecular weight excluding hydrogens is 271 g/mol. The first-order chi connectivity index (χ1) is 9.45. The highest BCUT2D eigenvalue weighted by molar-refractivity contribution is 5.94. The molecule has 0 aromatic heterocycles. The fourth-order valence-electron chi connectivity index (χ4n) is 1.53. The SMILES string of the molecule is COCC(O)CCNC(=O)c1ccc([N+](=O)[O-])c(F)c1. The molecule has 8 heteroatoms. The van der Waals surface area contributed by atoms with Gasteiger partial charge in [-0.15, -0.1) is 0 Å². The Hall–Kier alpha value is -2.06. The van der Waals surface area contributed by atoms with E-state index in [4.69, 9.17) is 4.74 Å². The van der Waals surface area contributed by atoms with Gasteiger partial charge in [-0.1, -0.05) is 0 Å². The van der Waals surface area contributed by atoms with Gasteiger partial charge in [-0.05, 0) is 18.6 Å². The Balaban J connectivity index is 2.56. The van der Waals surface area contributed by atoms with Crippen molar-refractivity contribution in [1.29, 1.82) is 0 Å². The Morgan fingerprint density at radius 1 is 1.60 bits per heavy atom. The summed E-state index contributed by atoms with van der Waals surface area (Å²) in [5.74, 6) is -1.63. The van der Waals surface area contributed by atoms with Gasteiger partial charge < -0.3 is 15.2 Å². The number of benzene rings is 1. The minimum absolute atomic E-state index is 0.0191. The fraction of sp³-hybridized carbons (Fsp3) is 0.417. The molecule has 0 spiro atoms. The van der Waals surface area contributed by atoms with Crippen LogP contribution in [0.1, 0.15) is 16.8 Å². The second-order valence-corrected chi connectivity index (χ2v) is 4.08. The molecule has 110 valence electrons. The molecule has 0 bridgehead atoms. The number of nitro benzene ring substituents is 1. The van der Waals surface area contributed by atoms with E-state index >= 15 is 0 Å². The van der Waals surface area contributed by atoms with Gasteiger partial charge in [0.05, 0.1) is 17.6 Å². The number of ether oxygens (including phenoxy) is 1. The number of carbonyl (C=O) groups is 1. The number of amides is 1. The first-order valence-corrected chi connectivity index (χ1v) is 5.85. The lowest BCUT2D eigenvalue weighted by atomic mass is 10.2. The monoisotopic (exact) mass is 286 g/mol. The number of nitrogens with zero attached hydrogens (tertiary/aromatic N) is 1. The molecule has 20 heavy (non-hydrogen) atoms. The van der Waals surface area contributed by atoms with E-state index in [1.807, 2.05) is 0 Å². The van der Waals surface area contributed by atoms with Crippen LogP contribution in [0.15, 0.2) is 18.2 Å². The first-order valence-electron chi connectivity index (χ1n) is 5.85. The van der Waals surface area contributed by atoms with E-state index in [0.29, 0.717) is 0 Å². The second-order valence-electron chi connectivity index (χ2n) is 4.08. The average molecular weight is 286 g/mol. The molecule has 0 aliphatic rings. The van der Waals surface area contributed by atoms with Gasteiger partial charge in [0.1, 0.15) is 0 Å². The number of hydrogen-bond donors (Lipinski definition) is 2. The number of carbonyl (C=O) groups excluding carboxylic acids is 1. The Kier molecular flexibility index (Phi) is 6.01. The smallest absolute Gasteiger partial charge is 0.304 e. The molecular formula is C12H15FN2O5. The van der Waals surface area contributed by atoms with Crippen molar-refractivity contribution in [2.24, 2.45) is 0 Å². The number of methoxy groups -OCH3 is 1. The average Bonchev–Trinajstić information content (AvgIpc) is 2.38. The quantitative estimate of drug-likeness (QED) is 0.572. The Morgan fingerprint density at radius 2 is 2.30 bits per heavy atom. The first kappa shape index (κ1) is 16.0. The molecule has 1 atom stereocenters. The molecule has 1 amide bonds. The number of nitrogens with one attached hydrogen (secondary N) is 1. The highest BCUT2D eigenvalue weighted by Gasteiger charge is 2.16. The summed E-state index contributed by atoms with van der Waals surface area (Å²) in [5.41, 5.74) is -0.702. The molecule has 1 aromatic carbocycles. The number of halogens is 1. The molecule has 0 saturated heterocycles. The van der Waals surface area contributed by atoms with Gasteiger partial charge in [-0.3, -0.25) is 14.9 Å². The van der Waals surface area contributed by atoms with Crippen LogP contribution in [-0.4, -0.2) is 42.3 Å². The Morgan fingerprint density at radius 3 is 2.85 bits per heavy atom. The number of aliphatic hydroxyl groups is 1. The summed E-state index contributed by atoms with van der Waals surface area (Å²) >= 11 is 0. The molecule has 0 fully saturated rings. The fourth-order valence-corrected chi connectivity index (χ4v) is 1.53. The number of aliphatic hydroxyl groups excluding tert-OH is 1. The van der Waals surface area contributed by atoms with Crippen LogP contribution in [0.5, 0.6) is 0 Å². The van der Waals surface area contributed by atoms with Gasteiger partial charge in [0.15, 0.2) is 0 Å². The van der Waals surface area contributed by atoms with Crippen molar-refractivity contribution in [1.82, 2.24) is 5.32 Å². The van der Waals surface area contributed by atoms with E-state index < -0.39 is 28.4 Å². The van der Waals surface area contributed by atoms with Gasteiger partial charge >= 0.3 is 5.69 Å². The predicted octanol–water partition coefficient (Wildman–Crippen LogP) is 0.861. The molecule has 0 radical (unpaired) electrons. The van der Waals surface area contributed by atoms with Gasteiger partial charge in [-0.2, -0.15) is 4.39 Å². The Labute approximate surface area is 114 Å². The minimum atomic E-state index is -1.07. The van der Waals surface area contributed by atoms with Crippen LogP contribution in [-0.2, 0) is 4.74 Å². The third-order valence-electron chi connectivity index (χ3n) is 2.53. The third-order valence-corrected chi connectivity index (χ3v) is 2.53. The van der Waals surface area contributed by atoms with E-state index in [1.54, 1.807) is 0 Å². The van der Waals surface area contributed by atoms with Gasteiger partial charge in [0, 0.05) is 25.3 Å². The maximum Gasteiger partial charge on any atom is 0.304 e. The normalized spacial score (nSPS) is 11.9. The lowest BCUT2D eigenvalue weighted by molar-refractivity contribution is -0.387.